The van der Waals surface area contributed by atoms with Crippen LogP contribution < -0.4 is 10.6 Å². The Labute approximate surface area is 162 Å². The van der Waals surface area contributed by atoms with Gasteiger partial charge < -0.3 is 10.6 Å². The molecule has 3 aromatic rings. The second kappa shape index (κ2) is 7.75. The number of para-hydroxylation sites is 1. The maximum Gasteiger partial charge on any atom is 0.257 e. The number of carbonyl (C=O) groups excluding carboxylic acids is 1. The van der Waals surface area contributed by atoms with Gasteiger partial charge in [-0.15, -0.1) is 10.2 Å². The first-order valence-corrected chi connectivity index (χ1v) is 8.90. The summed E-state index contributed by atoms with van der Waals surface area (Å²) < 4.78 is 0. The highest BCUT2D eigenvalue weighted by atomic mass is 35.5. The van der Waals surface area contributed by atoms with E-state index in [4.69, 9.17) is 11.6 Å². The lowest BCUT2D eigenvalue weighted by molar-refractivity contribution is 0.102. The molecule has 1 heterocycles. The van der Waals surface area contributed by atoms with Crippen molar-refractivity contribution in [3.8, 4) is 0 Å². The molecule has 0 aliphatic rings. The van der Waals surface area contributed by atoms with Gasteiger partial charge >= 0.3 is 0 Å². The number of tetrazole rings is 1. The quantitative estimate of drug-likeness (QED) is 0.695. The van der Waals surface area contributed by atoms with Gasteiger partial charge in [-0.25, -0.2) is 0 Å². The smallest absolute Gasteiger partial charge is 0.257 e. The van der Waals surface area contributed by atoms with Crippen LogP contribution >= 0.6 is 11.6 Å². The average molecular weight is 385 g/mol. The monoisotopic (exact) mass is 384 g/mol. The van der Waals surface area contributed by atoms with Gasteiger partial charge in [-0.2, -0.15) is 4.80 Å². The van der Waals surface area contributed by atoms with Crippen LogP contribution in [0.2, 0.25) is 5.02 Å². The van der Waals surface area contributed by atoms with E-state index in [0.29, 0.717) is 34.3 Å². The Kier molecular flexibility index (Phi) is 5.41. The van der Waals surface area contributed by atoms with E-state index in [1.807, 2.05) is 39.0 Å². The van der Waals surface area contributed by atoms with Crippen molar-refractivity contribution in [2.45, 2.75) is 32.9 Å². The molecule has 7 nitrogen and oxygen atoms in total. The van der Waals surface area contributed by atoms with Crippen molar-refractivity contribution in [3.63, 3.8) is 0 Å². The van der Waals surface area contributed by atoms with Gasteiger partial charge in [0.1, 0.15) is 0 Å². The molecule has 2 N–H and O–H groups in total. The van der Waals surface area contributed by atoms with Crippen molar-refractivity contribution in [1.82, 2.24) is 20.2 Å². The van der Waals surface area contributed by atoms with Gasteiger partial charge in [0.15, 0.2) is 5.82 Å². The van der Waals surface area contributed by atoms with Crippen molar-refractivity contribution in [2.75, 3.05) is 10.6 Å². The van der Waals surface area contributed by atoms with Crippen molar-refractivity contribution < 1.29 is 4.79 Å². The van der Waals surface area contributed by atoms with Crippen molar-refractivity contribution in [3.05, 3.63) is 64.9 Å². The molecule has 1 aromatic heterocycles. The first kappa shape index (κ1) is 18.8. The number of aromatic nitrogens is 4. The van der Waals surface area contributed by atoms with Crippen LogP contribution in [0.15, 0.2) is 48.5 Å². The number of carbonyl (C=O) groups is 1. The predicted octanol–water partition coefficient (Wildman–Crippen LogP) is 3.95. The molecule has 0 aliphatic heterocycles. The summed E-state index contributed by atoms with van der Waals surface area (Å²) in [6.45, 7) is 6.36. The number of nitrogens with zero attached hydrogens (tertiary/aromatic N) is 4. The fourth-order valence-electron chi connectivity index (χ4n) is 2.37. The second-order valence-electron chi connectivity index (χ2n) is 7.03. The van der Waals surface area contributed by atoms with Gasteiger partial charge in [0.25, 0.3) is 5.91 Å². The van der Waals surface area contributed by atoms with Crippen LogP contribution in [0.5, 0.6) is 0 Å². The van der Waals surface area contributed by atoms with E-state index >= 15 is 0 Å². The average Bonchev–Trinajstić information content (AvgIpc) is 3.09. The zero-order valence-corrected chi connectivity index (χ0v) is 16.2. The topological polar surface area (TPSA) is 84.7 Å². The molecule has 0 atom stereocenters. The Morgan fingerprint density at radius 3 is 2.63 bits per heavy atom. The van der Waals surface area contributed by atoms with E-state index in [0.717, 1.165) is 0 Å². The lowest BCUT2D eigenvalue weighted by Gasteiger charge is -2.15. The lowest BCUT2D eigenvalue weighted by atomic mass is 10.1. The molecule has 8 heteroatoms. The third-order valence-corrected chi connectivity index (χ3v) is 3.98. The lowest BCUT2D eigenvalue weighted by Crippen LogP contribution is -2.24. The Hall–Kier alpha value is -2.93. The minimum atomic E-state index is -0.236. The summed E-state index contributed by atoms with van der Waals surface area (Å²) in [6, 6.07) is 14.3. The summed E-state index contributed by atoms with van der Waals surface area (Å²) in [5.41, 5.74) is 1.60. The molecule has 0 saturated heterocycles. The maximum absolute atomic E-state index is 12.7. The van der Waals surface area contributed by atoms with Crippen LogP contribution in [0.4, 0.5) is 11.4 Å². The molecule has 0 radical (unpaired) electrons. The summed E-state index contributed by atoms with van der Waals surface area (Å²) in [4.78, 5) is 14.2. The largest absolute Gasteiger partial charge is 0.377 e. The molecule has 0 unspecified atom stereocenters. The van der Waals surface area contributed by atoms with E-state index in [1.165, 1.54) is 0 Å². The zero-order valence-electron chi connectivity index (χ0n) is 15.4. The molecule has 0 bridgehead atoms. The number of halogens is 1. The van der Waals surface area contributed by atoms with Gasteiger partial charge in [-0.05, 0) is 56.3 Å². The van der Waals surface area contributed by atoms with E-state index in [1.54, 1.807) is 35.1 Å². The summed E-state index contributed by atoms with van der Waals surface area (Å²) in [5.74, 6) is 0.321. The van der Waals surface area contributed by atoms with Crippen LogP contribution in [0.1, 0.15) is 37.0 Å². The molecule has 140 valence electrons. The Bertz CT molecular complexity index is 947. The van der Waals surface area contributed by atoms with Crippen LogP contribution in [-0.4, -0.2) is 26.1 Å². The molecule has 2 aromatic carbocycles. The summed E-state index contributed by atoms with van der Waals surface area (Å²) in [7, 11) is 0. The molecule has 3 rings (SSSR count). The third-order valence-electron chi connectivity index (χ3n) is 3.75. The van der Waals surface area contributed by atoms with Crippen LogP contribution in [0.25, 0.3) is 0 Å². The first-order valence-electron chi connectivity index (χ1n) is 8.52. The van der Waals surface area contributed by atoms with Crippen molar-refractivity contribution in [2.24, 2.45) is 0 Å². The van der Waals surface area contributed by atoms with Gasteiger partial charge in [-0.1, -0.05) is 29.8 Å². The Morgan fingerprint density at radius 1 is 1.15 bits per heavy atom. The number of hydrogen-bond acceptors (Lipinski definition) is 5. The SMILES string of the molecule is CC(C)(C)n1nnc(CNc2ccccc2C(=O)Nc2cccc(Cl)c2)n1. The number of hydrogen-bond donors (Lipinski definition) is 2. The highest BCUT2D eigenvalue weighted by Gasteiger charge is 2.17. The van der Waals surface area contributed by atoms with Gasteiger partial charge in [0, 0.05) is 16.4 Å². The number of anilines is 2. The number of benzene rings is 2. The van der Waals surface area contributed by atoms with Crippen molar-refractivity contribution in [1.29, 1.82) is 0 Å². The highest BCUT2D eigenvalue weighted by molar-refractivity contribution is 6.31. The number of amides is 1. The molecule has 27 heavy (non-hydrogen) atoms. The third kappa shape index (κ3) is 4.83. The van der Waals surface area contributed by atoms with Gasteiger partial charge in [0.05, 0.1) is 17.6 Å². The Balaban J connectivity index is 1.72. The normalized spacial score (nSPS) is 11.3. The molecule has 1 amide bonds. The molecular formula is C19H21ClN6O. The van der Waals surface area contributed by atoms with Gasteiger partial charge in [-0.3, -0.25) is 4.79 Å². The fraction of sp³-hybridized carbons (Fsp3) is 0.263. The molecule has 0 saturated carbocycles. The standard InChI is InChI=1S/C19H21ClN6O/c1-19(2,3)26-24-17(23-25-26)12-21-16-10-5-4-9-15(16)18(27)22-14-8-6-7-13(20)11-14/h4-11,21H,12H2,1-3H3,(H,22,27). The van der Waals surface area contributed by atoms with Gasteiger partial charge in [0.2, 0.25) is 0 Å². The Morgan fingerprint density at radius 2 is 1.93 bits per heavy atom. The summed E-state index contributed by atoms with van der Waals surface area (Å²) in [5, 5.41) is 19.1. The molecular weight excluding hydrogens is 364 g/mol. The second-order valence-corrected chi connectivity index (χ2v) is 7.47. The molecule has 0 spiro atoms. The minimum absolute atomic E-state index is 0.230. The predicted molar refractivity (Wildman–Crippen MR) is 106 cm³/mol. The molecule has 0 aliphatic carbocycles. The maximum atomic E-state index is 12.7. The number of rotatable bonds is 5. The number of nitrogens with one attached hydrogen (secondary N) is 2. The minimum Gasteiger partial charge on any atom is -0.377 e. The molecule has 0 fully saturated rings. The van der Waals surface area contributed by atoms with Crippen LogP contribution in [0.3, 0.4) is 0 Å². The van der Waals surface area contributed by atoms with E-state index in [9.17, 15) is 4.79 Å². The summed E-state index contributed by atoms with van der Waals surface area (Å²) in [6.07, 6.45) is 0. The first-order chi connectivity index (χ1) is 12.8. The van der Waals surface area contributed by atoms with Crippen LogP contribution in [-0.2, 0) is 12.1 Å². The highest BCUT2D eigenvalue weighted by Crippen LogP contribution is 2.20. The zero-order chi connectivity index (χ0) is 19.4. The fourth-order valence-corrected chi connectivity index (χ4v) is 2.56. The van der Waals surface area contributed by atoms with E-state index in [2.05, 4.69) is 26.0 Å². The van der Waals surface area contributed by atoms with E-state index < -0.39 is 0 Å². The van der Waals surface area contributed by atoms with Crippen LogP contribution in [0, 0.1) is 0 Å². The van der Waals surface area contributed by atoms with Crippen molar-refractivity contribution >= 4 is 28.9 Å². The summed E-state index contributed by atoms with van der Waals surface area (Å²) >= 11 is 5.97. The van der Waals surface area contributed by atoms with E-state index in [-0.39, 0.29) is 11.4 Å².